The van der Waals surface area contributed by atoms with Crippen LogP contribution in [0.5, 0.6) is 0 Å². The zero-order valence-corrected chi connectivity index (χ0v) is 11.3. The minimum absolute atomic E-state index is 0.297. The first-order valence-electron chi connectivity index (χ1n) is 5.77. The molecule has 1 aromatic carbocycles. The lowest BCUT2D eigenvalue weighted by Gasteiger charge is -2.13. The predicted octanol–water partition coefficient (Wildman–Crippen LogP) is 2.05. The second-order valence-corrected chi connectivity index (χ2v) is 5.85. The van der Waals surface area contributed by atoms with E-state index in [9.17, 15) is 8.42 Å². The van der Waals surface area contributed by atoms with Crippen molar-refractivity contribution < 1.29 is 8.42 Å². The average Bonchev–Trinajstić information content (AvgIpc) is 2.35. The van der Waals surface area contributed by atoms with Crippen LogP contribution >= 0.6 is 0 Å². The molecule has 0 bridgehead atoms. The standard InChI is InChI=1S/C12H20N2O2S/c1-4-10(2)9-14-17(15,16)12-8-6-5-7-11(12)13-3/h5-8,10,13-14H,4,9H2,1-3H3. The van der Waals surface area contributed by atoms with E-state index in [1.807, 2.05) is 13.8 Å². The number of benzene rings is 1. The summed E-state index contributed by atoms with van der Waals surface area (Å²) in [5.41, 5.74) is 0.615. The maximum Gasteiger partial charge on any atom is 0.242 e. The van der Waals surface area contributed by atoms with E-state index in [1.165, 1.54) is 0 Å². The number of hydrogen-bond acceptors (Lipinski definition) is 3. The highest BCUT2D eigenvalue weighted by atomic mass is 32.2. The van der Waals surface area contributed by atoms with Crippen molar-refractivity contribution in [2.45, 2.75) is 25.2 Å². The smallest absolute Gasteiger partial charge is 0.242 e. The molecule has 0 aromatic heterocycles. The molecule has 0 aliphatic heterocycles. The highest BCUT2D eigenvalue weighted by Crippen LogP contribution is 2.19. The van der Waals surface area contributed by atoms with Crippen LogP contribution in [0, 0.1) is 5.92 Å². The molecule has 0 spiro atoms. The fourth-order valence-corrected chi connectivity index (χ4v) is 2.76. The number of sulfonamides is 1. The summed E-state index contributed by atoms with van der Waals surface area (Å²) in [5, 5.41) is 2.88. The molecule has 1 rings (SSSR count). The van der Waals surface area contributed by atoms with Crippen molar-refractivity contribution in [3.8, 4) is 0 Å². The number of rotatable bonds is 6. The van der Waals surface area contributed by atoms with E-state index < -0.39 is 10.0 Å². The second-order valence-electron chi connectivity index (χ2n) is 4.11. The molecular weight excluding hydrogens is 236 g/mol. The van der Waals surface area contributed by atoms with E-state index in [4.69, 9.17) is 0 Å². The summed E-state index contributed by atoms with van der Waals surface area (Å²) in [6, 6.07) is 6.88. The van der Waals surface area contributed by atoms with Crippen LogP contribution in [0.25, 0.3) is 0 Å². The number of anilines is 1. The van der Waals surface area contributed by atoms with Gasteiger partial charge in [-0.1, -0.05) is 32.4 Å². The minimum Gasteiger partial charge on any atom is -0.387 e. The largest absolute Gasteiger partial charge is 0.387 e. The average molecular weight is 256 g/mol. The quantitative estimate of drug-likeness (QED) is 0.819. The van der Waals surface area contributed by atoms with Gasteiger partial charge in [0, 0.05) is 13.6 Å². The van der Waals surface area contributed by atoms with Crippen molar-refractivity contribution in [3.05, 3.63) is 24.3 Å². The minimum atomic E-state index is -3.42. The Labute approximate surface area is 103 Å². The third-order valence-corrected chi connectivity index (χ3v) is 4.25. The van der Waals surface area contributed by atoms with Crippen LogP contribution in [0.2, 0.25) is 0 Å². The lowest BCUT2D eigenvalue weighted by atomic mass is 10.1. The zero-order valence-electron chi connectivity index (χ0n) is 10.5. The molecule has 0 aliphatic rings. The van der Waals surface area contributed by atoms with Crippen LogP contribution in [-0.4, -0.2) is 22.0 Å². The first-order chi connectivity index (χ1) is 8.01. The third kappa shape index (κ3) is 3.71. The molecule has 0 amide bonds. The Morgan fingerprint density at radius 3 is 2.53 bits per heavy atom. The molecule has 96 valence electrons. The van der Waals surface area contributed by atoms with E-state index in [0.717, 1.165) is 6.42 Å². The summed E-state index contributed by atoms with van der Waals surface area (Å²) in [5.74, 6) is 0.339. The van der Waals surface area contributed by atoms with E-state index in [0.29, 0.717) is 23.0 Å². The topological polar surface area (TPSA) is 58.2 Å². The van der Waals surface area contributed by atoms with Gasteiger partial charge < -0.3 is 5.32 Å². The van der Waals surface area contributed by atoms with Gasteiger partial charge in [-0.25, -0.2) is 13.1 Å². The van der Waals surface area contributed by atoms with Gasteiger partial charge in [-0.3, -0.25) is 0 Å². The van der Waals surface area contributed by atoms with Crippen LogP contribution in [0.1, 0.15) is 20.3 Å². The van der Waals surface area contributed by atoms with Crippen molar-refractivity contribution in [3.63, 3.8) is 0 Å². The molecule has 0 saturated heterocycles. The molecule has 0 saturated carbocycles. The highest BCUT2D eigenvalue weighted by Gasteiger charge is 2.17. The molecule has 5 heteroatoms. The molecule has 2 N–H and O–H groups in total. The third-order valence-electron chi connectivity index (χ3n) is 2.76. The summed E-state index contributed by atoms with van der Waals surface area (Å²) in [7, 11) is -1.71. The first kappa shape index (κ1) is 14.0. The molecule has 4 nitrogen and oxygen atoms in total. The van der Waals surface area contributed by atoms with E-state index in [2.05, 4.69) is 10.0 Å². The second kappa shape index (κ2) is 6.02. The van der Waals surface area contributed by atoms with Gasteiger partial charge in [-0.05, 0) is 18.1 Å². The molecule has 1 unspecified atom stereocenters. The molecule has 0 aliphatic carbocycles. The van der Waals surface area contributed by atoms with E-state index >= 15 is 0 Å². The maximum atomic E-state index is 12.1. The number of nitrogens with one attached hydrogen (secondary N) is 2. The van der Waals surface area contributed by atoms with Gasteiger partial charge in [0.1, 0.15) is 4.90 Å². The van der Waals surface area contributed by atoms with Gasteiger partial charge in [0.25, 0.3) is 0 Å². The van der Waals surface area contributed by atoms with E-state index in [-0.39, 0.29) is 0 Å². The Morgan fingerprint density at radius 1 is 1.29 bits per heavy atom. The van der Waals surface area contributed by atoms with Gasteiger partial charge in [0.15, 0.2) is 0 Å². The van der Waals surface area contributed by atoms with Gasteiger partial charge in [0.05, 0.1) is 5.69 Å². The Hall–Kier alpha value is -1.07. The Morgan fingerprint density at radius 2 is 1.94 bits per heavy atom. The van der Waals surface area contributed by atoms with Gasteiger partial charge in [-0.15, -0.1) is 0 Å². The summed E-state index contributed by atoms with van der Waals surface area (Å²) in [4.78, 5) is 0.297. The fraction of sp³-hybridized carbons (Fsp3) is 0.500. The Balaban J connectivity index is 2.89. The Kier molecular flexibility index (Phi) is 4.96. The molecule has 17 heavy (non-hydrogen) atoms. The molecular formula is C12H20N2O2S. The van der Waals surface area contributed by atoms with Crippen molar-refractivity contribution in [1.82, 2.24) is 4.72 Å². The van der Waals surface area contributed by atoms with Crippen LogP contribution < -0.4 is 10.0 Å². The normalized spacial score (nSPS) is 13.4. The SMILES string of the molecule is CCC(C)CNS(=O)(=O)c1ccccc1NC. The van der Waals surface area contributed by atoms with Gasteiger partial charge in [-0.2, -0.15) is 0 Å². The summed E-state index contributed by atoms with van der Waals surface area (Å²) in [6.45, 7) is 4.53. The summed E-state index contributed by atoms with van der Waals surface area (Å²) < 4.78 is 26.8. The molecule has 1 aromatic rings. The van der Waals surface area contributed by atoms with Crippen LogP contribution in [0.15, 0.2) is 29.2 Å². The molecule has 0 fully saturated rings. The van der Waals surface area contributed by atoms with Gasteiger partial charge in [0.2, 0.25) is 10.0 Å². The van der Waals surface area contributed by atoms with Crippen molar-refractivity contribution in [2.24, 2.45) is 5.92 Å². The van der Waals surface area contributed by atoms with Crippen molar-refractivity contribution >= 4 is 15.7 Å². The van der Waals surface area contributed by atoms with Gasteiger partial charge >= 0.3 is 0 Å². The van der Waals surface area contributed by atoms with E-state index in [1.54, 1.807) is 31.3 Å². The summed E-state index contributed by atoms with van der Waals surface area (Å²) >= 11 is 0. The molecule has 1 atom stereocenters. The molecule has 0 radical (unpaired) electrons. The lowest BCUT2D eigenvalue weighted by molar-refractivity contribution is 0.528. The monoisotopic (exact) mass is 256 g/mol. The first-order valence-corrected chi connectivity index (χ1v) is 7.26. The fourth-order valence-electron chi connectivity index (χ4n) is 1.38. The van der Waals surface area contributed by atoms with Crippen LogP contribution in [-0.2, 0) is 10.0 Å². The lowest BCUT2D eigenvalue weighted by Crippen LogP contribution is -2.28. The van der Waals surface area contributed by atoms with Crippen LogP contribution in [0.3, 0.4) is 0 Å². The summed E-state index contributed by atoms with van der Waals surface area (Å²) in [6.07, 6.45) is 0.955. The van der Waals surface area contributed by atoms with Crippen molar-refractivity contribution in [1.29, 1.82) is 0 Å². The van der Waals surface area contributed by atoms with Crippen molar-refractivity contribution in [2.75, 3.05) is 18.9 Å². The zero-order chi connectivity index (χ0) is 12.9. The Bertz CT molecular complexity index is 457. The maximum absolute atomic E-state index is 12.1. The number of hydrogen-bond donors (Lipinski definition) is 2. The predicted molar refractivity (Wildman–Crippen MR) is 70.6 cm³/mol. The number of para-hydroxylation sites is 1. The molecule has 0 heterocycles. The highest BCUT2D eigenvalue weighted by molar-refractivity contribution is 7.89. The van der Waals surface area contributed by atoms with Crippen LogP contribution in [0.4, 0.5) is 5.69 Å².